The molecule has 0 amide bonds. The topological polar surface area (TPSA) is 51.6 Å². The van der Waals surface area contributed by atoms with Crippen molar-refractivity contribution in [2.75, 3.05) is 7.11 Å². The van der Waals surface area contributed by atoms with E-state index in [2.05, 4.69) is 4.98 Å². The number of rotatable bonds is 2. The third kappa shape index (κ3) is 1.95. The lowest BCUT2D eigenvalue weighted by molar-refractivity contribution is 0.0637. The van der Waals surface area contributed by atoms with Gasteiger partial charge in [0.05, 0.1) is 24.4 Å². The quantitative estimate of drug-likeness (QED) is 0.905. The van der Waals surface area contributed by atoms with Gasteiger partial charge in [-0.15, -0.1) is 11.3 Å². The second-order valence-electron chi connectivity index (χ2n) is 4.18. The summed E-state index contributed by atoms with van der Waals surface area (Å²) in [4.78, 5) is 4.24. The number of aliphatic hydroxyl groups is 1. The van der Waals surface area contributed by atoms with E-state index in [9.17, 15) is 5.11 Å². The summed E-state index contributed by atoms with van der Waals surface area (Å²) in [6, 6.07) is 5.47. The van der Waals surface area contributed by atoms with Crippen molar-refractivity contribution in [3.63, 3.8) is 0 Å². The number of nitrogens with zero attached hydrogens (tertiary/aromatic N) is 1. The second kappa shape index (κ2) is 4.59. The zero-order valence-corrected chi connectivity index (χ0v) is 10.7. The zero-order chi connectivity index (χ0) is 12.5. The highest BCUT2D eigenvalue weighted by Crippen LogP contribution is 2.41. The molecular formula is C13H13NO3S. The first-order valence-corrected chi connectivity index (χ1v) is 6.63. The molecule has 3 rings (SSSR count). The largest absolute Gasteiger partial charge is 0.497 e. The minimum Gasteiger partial charge on any atom is -0.497 e. The number of fused-ring (bicyclic) bond motifs is 1. The van der Waals surface area contributed by atoms with Gasteiger partial charge in [-0.3, -0.25) is 0 Å². The first kappa shape index (κ1) is 11.5. The van der Waals surface area contributed by atoms with Gasteiger partial charge in [0.25, 0.3) is 0 Å². The van der Waals surface area contributed by atoms with E-state index in [0.717, 1.165) is 17.0 Å². The molecule has 0 fully saturated rings. The van der Waals surface area contributed by atoms with E-state index in [4.69, 9.17) is 9.47 Å². The average Bonchev–Trinajstić information content (AvgIpc) is 2.91. The molecule has 1 aliphatic heterocycles. The van der Waals surface area contributed by atoms with Gasteiger partial charge in [0, 0.05) is 23.4 Å². The Labute approximate surface area is 109 Å². The van der Waals surface area contributed by atoms with Gasteiger partial charge in [-0.25, -0.2) is 4.98 Å². The van der Waals surface area contributed by atoms with Crippen molar-refractivity contribution < 1.29 is 14.6 Å². The molecule has 1 unspecified atom stereocenters. The number of ether oxygens (including phenoxy) is 2. The Kier molecular flexibility index (Phi) is 2.93. The van der Waals surface area contributed by atoms with Crippen LogP contribution in [0.5, 0.6) is 11.5 Å². The number of thiazole rings is 1. The molecule has 1 aliphatic rings. The highest BCUT2D eigenvalue weighted by Gasteiger charge is 2.29. The first-order valence-electron chi connectivity index (χ1n) is 5.68. The lowest BCUT2D eigenvalue weighted by Crippen LogP contribution is -2.19. The van der Waals surface area contributed by atoms with Crippen molar-refractivity contribution in [3.8, 4) is 11.5 Å². The van der Waals surface area contributed by atoms with Gasteiger partial charge < -0.3 is 14.6 Å². The van der Waals surface area contributed by atoms with E-state index in [1.807, 2.05) is 17.5 Å². The number of methoxy groups -OCH3 is 1. The fourth-order valence-electron chi connectivity index (χ4n) is 2.11. The highest BCUT2D eigenvalue weighted by atomic mass is 32.1. The molecule has 1 N–H and O–H groups in total. The third-order valence-electron chi connectivity index (χ3n) is 3.07. The minimum atomic E-state index is -0.522. The molecule has 18 heavy (non-hydrogen) atoms. The van der Waals surface area contributed by atoms with Gasteiger partial charge in [-0.2, -0.15) is 0 Å². The van der Waals surface area contributed by atoms with E-state index < -0.39 is 6.10 Å². The highest BCUT2D eigenvalue weighted by molar-refractivity contribution is 7.07. The molecule has 0 aliphatic carbocycles. The molecule has 1 aromatic carbocycles. The second-order valence-corrected chi connectivity index (χ2v) is 4.89. The van der Waals surface area contributed by atoms with Crippen molar-refractivity contribution in [3.05, 3.63) is 40.3 Å². The Morgan fingerprint density at radius 2 is 2.39 bits per heavy atom. The van der Waals surface area contributed by atoms with E-state index in [0.29, 0.717) is 12.2 Å². The molecule has 1 aromatic heterocycles. The molecule has 94 valence electrons. The summed E-state index contributed by atoms with van der Waals surface area (Å²) < 4.78 is 11.1. The van der Waals surface area contributed by atoms with Crippen LogP contribution in [0.1, 0.15) is 29.9 Å². The van der Waals surface area contributed by atoms with Crippen LogP contribution in [0.2, 0.25) is 0 Å². The first-order chi connectivity index (χ1) is 8.78. The Hall–Kier alpha value is -1.59. The fourth-order valence-corrected chi connectivity index (χ4v) is 2.71. The lowest BCUT2D eigenvalue weighted by Gasteiger charge is -2.28. The lowest BCUT2D eigenvalue weighted by atomic mass is 9.98. The molecule has 4 nitrogen and oxygen atoms in total. The predicted molar refractivity (Wildman–Crippen MR) is 68.1 cm³/mol. The van der Waals surface area contributed by atoms with Crippen molar-refractivity contribution in [1.29, 1.82) is 0 Å². The van der Waals surface area contributed by atoms with Crippen LogP contribution in [0.25, 0.3) is 0 Å². The van der Waals surface area contributed by atoms with Crippen LogP contribution in [-0.2, 0) is 0 Å². The third-order valence-corrected chi connectivity index (χ3v) is 3.67. The number of hydrogen-bond donors (Lipinski definition) is 1. The SMILES string of the molecule is COc1ccc2c(c1)OC(c1cscn1)C[C@@H]2O. The monoisotopic (exact) mass is 263 g/mol. The smallest absolute Gasteiger partial charge is 0.144 e. The maximum absolute atomic E-state index is 10.1. The van der Waals surface area contributed by atoms with E-state index in [1.165, 1.54) is 11.3 Å². The summed E-state index contributed by atoms with van der Waals surface area (Å²) in [5.41, 5.74) is 3.45. The van der Waals surface area contributed by atoms with E-state index in [-0.39, 0.29) is 6.10 Å². The van der Waals surface area contributed by atoms with Crippen LogP contribution in [0.4, 0.5) is 0 Å². The summed E-state index contributed by atoms with van der Waals surface area (Å²) in [5, 5.41) is 12.1. The van der Waals surface area contributed by atoms with Gasteiger partial charge in [-0.1, -0.05) is 0 Å². The van der Waals surface area contributed by atoms with Crippen molar-refractivity contribution in [1.82, 2.24) is 4.98 Å². The molecule has 5 heteroatoms. The molecule has 0 saturated carbocycles. The molecule has 2 aromatic rings. The van der Waals surface area contributed by atoms with Gasteiger partial charge >= 0.3 is 0 Å². The molecule has 0 radical (unpaired) electrons. The van der Waals surface area contributed by atoms with Crippen molar-refractivity contribution >= 4 is 11.3 Å². The Balaban J connectivity index is 1.95. The Morgan fingerprint density at radius 3 is 3.11 bits per heavy atom. The summed E-state index contributed by atoms with van der Waals surface area (Å²) in [5.74, 6) is 1.39. The molecule has 0 saturated heterocycles. The number of aliphatic hydroxyl groups excluding tert-OH is 1. The van der Waals surface area contributed by atoms with Crippen LogP contribution in [0.3, 0.4) is 0 Å². The molecule has 0 bridgehead atoms. The Bertz CT molecular complexity index is 541. The van der Waals surface area contributed by atoms with Crippen LogP contribution in [-0.4, -0.2) is 17.2 Å². The van der Waals surface area contributed by atoms with Crippen molar-refractivity contribution in [2.45, 2.75) is 18.6 Å². The summed E-state index contributed by atoms with van der Waals surface area (Å²) in [6.45, 7) is 0. The van der Waals surface area contributed by atoms with Crippen LogP contribution < -0.4 is 9.47 Å². The molecule has 0 spiro atoms. The maximum atomic E-state index is 10.1. The Morgan fingerprint density at radius 1 is 1.50 bits per heavy atom. The maximum Gasteiger partial charge on any atom is 0.144 e. The summed E-state index contributed by atoms with van der Waals surface area (Å²) >= 11 is 1.53. The van der Waals surface area contributed by atoms with Gasteiger partial charge in [-0.05, 0) is 12.1 Å². The molecule has 2 atom stereocenters. The van der Waals surface area contributed by atoms with E-state index in [1.54, 1.807) is 18.7 Å². The van der Waals surface area contributed by atoms with Gasteiger partial charge in [0.2, 0.25) is 0 Å². The van der Waals surface area contributed by atoms with Crippen LogP contribution in [0, 0.1) is 0 Å². The zero-order valence-electron chi connectivity index (χ0n) is 9.87. The standard InChI is InChI=1S/C13H13NO3S/c1-16-8-2-3-9-11(15)5-13(17-12(9)4-8)10-6-18-7-14-10/h2-4,6-7,11,13,15H,5H2,1H3/t11-,13?/m0/s1. The fraction of sp³-hybridized carbons (Fsp3) is 0.308. The predicted octanol–water partition coefficient (Wildman–Crippen LogP) is 2.71. The van der Waals surface area contributed by atoms with E-state index >= 15 is 0 Å². The number of aromatic nitrogens is 1. The molecule has 2 heterocycles. The van der Waals surface area contributed by atoms with Gasteiger partial charge in [0.15, 0.2) is 0 Å². The summed E-state index contributed by atoms with van der Waals surface area (Å²) in [7, 11) is 1.61. The number of hydrogen-bond acceptors (Lipinski definition) is 5. The normalized spacial score (nSPS) is 22.1. The van der Waals surface area contributed by atoms with Crippen LogP contribution in [0.15, 0.2) is 29.1 Å². The van der Waals surface area contributed by atoms with Crippen LogP contribution >= 0.6 is 11.3 Å². The summed E-state index contributed by atoms with van der Waals surface area (Å²) in [6.07, 6.45) is -0.180. The number of benzene rings is 1. The molecular weight excluding hydrogens is 250 g/mol. The average molecular weight is 263 g/mol. The van der Waals surface area contributed by atoms with Crippen molar-refractivity contribution in [2.24, 2.45) is 0 Å². The van der Waals surface area contributed by atoms with Gasteiger partial charge in [0.1, 0.15) is 17.6 Å². The minimum absolute atomic E-state index is 0.189.